The van der Waals surface area contributed by atoms with Crippen LogP contribution in [0.15, 0.2) is 54.6 Å². The topological polar surface area (TPSA) is 79.8 Å². The summed E-state index contributed by atoms with van der Waals surface area (Å²) in [5.74, 6) is 2.66. The van der Waals surface area contributed by atoms with Gasteiger partial charge in [-0.3, -0.25) is 4.79 Å². The third-order valence-corrected chi connectivity index (χ3v) is 5.53. The number of nitrogens with zero attached hydrogens (tertiary/aromatic N) is 4. The molecular weight excluding hydrogens is 430 g/mol. The largest absolute Gasteiger partial charge is 0.490 e. The summed E-state index contributed by atoms with van der Waals surface area (Å²) >= 11 is 0. The lowest BCUT2D eigenvalue weighted by molar-refractivity contribution is 0.0745. The molecule has 8 heteroatoms. The molecule has 1 aliphatic heterocycles. The molecule has 1 aromatic heterocycles. The van der Waals surface area contributed by atoms with Gasteiger partial charge in [-0.2, -0.15) is 4.98 Å². The molecule has 178 valence electrons. The van der Waals surface area contributed by atoms with Crippen LogP contribution in [0.4, 0.5) is 17.5 Å². The molecule has 0 aliphatic carbocycles. The van der Waals surface area contributed by atoms with Gasteiger partial charge in [-0.1, -0.05) is 18.2 Å². The monoisotopic (exact) mass is 461 g/mol. The number of hydrogen-bond donors (Lipinski definition) is 1. The molecule has 4 rings (SSSR count). The van der Waals surface area contributed by atoms with E-state index in [0.29, 0.717) is 62.4 Å². The van der Waals surface area contributed by atoms with Gasteiger partial charge < -0.3 is 24.6 Å². The Morgan fingerprint density at radius 1 is 0.912 bits per heavy atom. The molecular formula is C26H31N5O3. The lowest BCUT2D eigenvalue weighted by atomic mass is 10.1. The van der Waals surface area contributed by atoms with Gasteiger partial charge in [-0.05, 0) is 51.1 Å². The first-order valence-corrected chi connectivity index (χ1v) is 11.7. The smallest absolute Gasteiger partial charge is 0.254 e. The van der Waals surface area contributed by atoms with Crippen LogP contribution < -0.4 is 19.7 Å². The molecule has 1 aliphatic rings. The predicted molar refractivity (Wildman–Crippen MR) is 133 cm³/mol. The zero-order chi connectivity index (χ0) is 23.9. The normalized spacial score (nSPS) is 13.5. The van der Waals surface area contributed by atoms with Crippen molar-refractivity contribution in [3.63, 3.8) is 0 Å². The molecule has 0 atom stereocenters. The maximum Gasteiger partial charge on any atom is 0.254 e. The molecule has 34 heavy (non-hydrogen) atoms. The van der Waals surface area contributed by atoms with Crippen molar-refractivity contribution < 1.29 is 14.3 Å². The van der Waals surface area contributed by atoms with Crippen LogP contribution in [0.2, 0.25) is 0 Å². The second kappa shape index (κ2) is 10.9. The van der Waals surface area contributed by atoms with Crippen molar-refractivity contribution in [2.75, 3.05) is 49.6 Å². The summed E-state index contributed by atoms with van der Waals surface area (Å²) in [5.41, 5.74) is 2.46. The maximum absolute atomic E-state index is 13.1. The van der Waals surface area contributed by atoms with E-state index >= 15 is 0 Å². The van der Waals surface area contributed by atoms with E-state index in [9.17, 15) is 4.79 Å². The molecule has 1 fully saturated rings. The summed E-state index contributed by atoms with van der Waals surface area (Å²) in [6.07, 6.45) is 0. The SMILES string of the molecule is CCOc1ccc(C(=O)N2CCN(c3nc(C)cc(Nc4ccccc4)n3)CC2)cc1OCC. The van der Waals surface area contributed by atoms with E-state index in [0.717, 1.165) is 17.2 Å². The van der Waals surface area contributed by atoms with Crippen molar-refractivity contribution in [2.45, 2.75) is 20.8 Å². The quantitative estimate of drug-likeness (QED) is 0.536. The number of amides is 1. The van der Waals surface area contributed by atoms with Crippen molar-refractivity contribution in [1.82, 2.24) is 14.9 Å². The first-order chi connectivity index (χ1) is 16.6. The minimum Gasteiger partial charge on any atom is -0.490 e. The van der Waals surface area contributed by atoms with E-state index in [1.807, 2.05) is 62.1 Å². The Kier molecular flexibility index (Phi) is 7.47. The Hall–Kier alpha value is -3.81. The van der Waals surface area contributed by atoms with Gasteiger partial charge in [0.05, 0.1) is 13.2 Å². The first kappa shape index (κ1) is 23.4. The number of carbonyl (C=O) groups excluding carboxylic acids is 1. The number of aromatic nitrogens is 2. The number of benzene rings is 2. The van der Waals surface area contributed by atoms with Crippen LogP contribution in [0.3, 0.4) is 0 Å². The second-order valence-corrected chi connectivity index (χ2v) is 7.99. The van der Waals surface area contributed by atoms with Gasteiger partial charge in [0.1, 0.15) is 5.82 Å². The zero-order valence-electron chi connectivity index (χ0n) is 20.0. The number of nitrogens with one attached hydrogen (secondary N) is 1. The van der Waals surface area contributed by atoms with Gasteiger partial charge in [-0.15, -0.1) is 0 Å². The number of rotatable bonds is 8. The molecule has 0 saturated carbocycles. The summed E-state index contributed by atoms with van der Waals surface area (Å²) in [5, 5.41) is 3.34. The molecule has 2 aromatic carbocycles. The van der Waals surface area contributed by atoms with Crippen molar-refractivity contribution >= 4 is 23.4 Å². The van der Waals surface area contributed by atoms with Crippen LogP contribution in [0.1, 0.15) is 29.9 Å². The highest BCUT2D eigenvalue weighted by atomic mass is 16.5. The van der Waals surface area contributed by atoms with E-state index in [4.69, 9.17) is 14.5 Å². The Morgan fingerprint density at radius 3 is 2.32 bits per heavy atom. The second-order valence-electron chi connectivity index (χ2n) is 7.99. The van der Waals surface area contributed by atoms with Gasteiger partial charge in [-0.25, -0.2) is 4.98 Å². The minimum absolute atomic E-state index is 0.0137. The van der Waals surface area contributed by atoms with E-state index < -0.39 is 0 Å². The standard InChI is InChI=1S/C26H31N5O3/c1-4-33-22-12-11-20(18-23(22)34-5-2)25(32)30-13-15-31(16-14-30)26-27-19(3)17-24(29-26)28-21-9-7-6-8-10-21/h6-12,17-18H,4-5,13-16H2,1-3H3,(H,27,28,29). The minimum atomic E-state index is -0.0137. The number of hydrogen-bond acceptors (Lipinski definition) is 7. The molecule has 1 amide bonds. The van der Waals surface area contributed by atoms with Crippen LogP contribution in [0.5, 0.6) is 11.5 Å². The van der Waals surface area contributed by atoms with Crippen molar-refractivity contribution in [3.8, 4) is 11.5 Å². The third kappa shape index (κ3) is 5.57. The van der Waals surface area contributed by atoms with Crippen molar-refractivity contribution in [3.05, 3.63) is 65.9 Å². The van der Waals surface area contributed by atoms with Gasteiger partial charge >= 0.3 is 0 Å². The Labute approximate surface area is 200 Å². The zero-order valence-corrected chi connectivity index (χ0v) is 20.0. The number of ether oxygens (including phenoxy) is 2. The molecule has 2 heterocycles. The Balaban J connectivity index is 1.42. The van der Waals surface area contributed by atoms with E-state index in [1.165, 1.54) is 0 Å². The summed E-state index contributed by atoms with van der Waals surface area (Å²) in [6, 6.07) is 17.2. The van der Waals surface area contributed by atoms with Gasteiger partial charge in [0.2, 0.25) is 5.95 Å². The number of para-hydroxylation sites is 1. The summed E-state index contributed by atoms with van der Waals surface area (Å²) in [7, 11) is 0. The molecule has 1 N–H and O–H groups in total. The van der Waals surface area contributed by atoms with Crippen molar-refractivity contribution in [1.29, 1.82) is 0 Å². The molecule has 0 unspecified atom stereocenters. The van der Waals surface area contributed by atoms with Crippen LogP contribution in [-0.2, 0) is 0 Å². The average Bonchev–Trinajstić information content (AvgIpc) is 2.85. The summed E-state index contributed by atoms with van der Waals surface area (Å²) < 4.78 is 11.3. The number of carbonyl (C=O) groups is 1. The molecule has 3 aromatic rings. The van der Waals surface area contributed by atoms with Crippen LogP contribution >= 0.6 is 0 Å². The van der Waals surface area contributed by atoms with Gasteiger partial charge in [0, 0.05) is 49.2 Å². The fraction of sp³-hybridized carbons (Fsp3) is 0.346. The highest BCUT2D eigenvalue weighted by Gasteiger charge is 2.25. The maximum atomic E-state index is 13.1. The summed E-state index contributed by atoms with van der Waals surface area (Å²) in [6.45, 7) is 9.36. The van der Waals surface area contributed by atoms with Crippen LogP contribution in [0, 0.1) is 6.92 Å². The summed E-state index contributed by atoms with van der Waals surface area (Å²) in [4.78, 5) is 26.5. The molecule has 0 radical (unpaired) electrons. The van der Waals surface area contributed by atoms with Crippen LogP contribution in [0.25, 0.3) is 0 Å². The third-order valence-electron chi connectivity index (χ3n) is 5.53. The number of aryl methyl sites for hydroxylation is 1. The lowest BCUT2D eigenvalue weighted by Crippen LogP contribution is -2.49. The van der Waals surface area contributed by atoms with E-state index in [-0.39, 0.29) is 5.91 Å². The average molecular weight is 462 g/mol. The number of piperazine rings is 1. The molecule has 0 spiro atoms. The fourth-order valence-electron chi connectivity index (χ4n) is 3.90. The fourth-order valence-corrected chi connectivity index (χ4v) is 3.90. The Morgan fingerprint density at radius 2 is 1.62 bits per heavy atom. The predicted octanol–water partition coefficient (Wildman–Crippen LogP) is 4.29. The lowest BCUT2D eigenvalue weighted by Gasteiger charge is -2.35. The highest BCUT2D eigenvalue weighted by molar-refractivity contribution is 5.95. The molecule has 0 bridgehead atoms. The van der Waals surface area contributed by atoms with Gasteiger partial charge in [0.15, 0.2) is 11.5 Å². The number of anilines is 3. The van der Waals surface area contributed by atoms with Gasteiger partial charge in [0.25, 0.3) is 5.91 Å². The van der Waals surface area contributed by atoms with Crippen molar-refractivity contribution in [2.24, 2.45) is 0 Å². The Bertz CT molecular complexity index is 1110. The molecule has 1 saturated heterocycles. The van der Waals surface area contributed by atoms with E-state index in [2.05, 4.69) is 15.2 Å². The van der Waals surface area contributed by atoms with Crippen LogP contribution in [-0.4, -0.2) is 60.2 Å². The van der Waals surface area contributed by atoms with E-state index in [1.54, 1.807) is 18.2 Å². The molecule has 8 nitrogen and oxygen atoms in total. The first-order valence-electron chi connectivity index (χ1n) is 11.7. The highest BCUT2D eigenvalue weighted by Crippen LogP contribution is 2.29.